The van der Waals surface area contributed by atoms with Crippen LogP contribution in [-0.4, -0.2) is 54.2 Å². The van der Waals surface area contributed by atoms with Gasteiger partial charge in [-0.15, -0.1) is 0 Å². The topological polar surface area (TPSA) is 72.9 Å². The molecular weight excluding hydrogens is 366 g/mol. The zero-order valence-corrected chi connectivity index (χ0v) is 15.6. The zero-order chi connectivity index (χ0) is 19.2. The molecule has 27 heavy (non-hydrogen) atoms. The van der Waals surface area contributed by atoms with Gasteiger partial charge in [-0.25, -0.2) is 9.59 Å². The second kappa shape index (κ2) is 8.77. The second-order valence-electron chi connectivity index (χ2n) is 6.48. The molecule has 1 saturated heterocycles. The fraction of sp³-hybridized carbons (Fsp3) is 0.300. The van der Waals surface area contributed by atoms with Gasteiger partial charge in [-0.2, -0.15) is 0 Å². The number of carbonyl (C=O) groups excluding carboxylic acids is 1. The Balaban J connectivity index is 1.55. The molecule has 2 aromatic carbocycles. The molecule has 3 rings (SSSR count). The number of halogens is 1. The molecule has 1 unspecified atom stereocenters. The minimum atomic E-state index is -1.04. The maximum atomic E-state index is 12.5. The molecule has 1 atom stereocenters. The average molecular weight is 388 g/mol. The highest BCUT2D eigenvalue weighted by molar-refractivity contribution is 6.30. The maximum Gasteiger partial charge on any atom is 0.326 e. The van der Waals surface area contributed by atoms with Crippen molar-refractivity contribution in [3.8, 4) is 0 Å². The van der Waals surface area contributed by atoms with E-state index in [9.17, 15) is 14.7 Å². The minimum absolute atomic E-state index is 0.254. The minimum Gasteiger partial charge on any atom is -0.480 e. The Labute approximate surface area is 163 Å². The Morgan fingerprint density at radius 3 is 2.37 bits per heavy atom. The highest BCUT2D eigenvalue weighted by Crippen LogP contribution is 2.20. The third-order valence-electron chi connectivity index (χ3n) is 4.62. The van der Waals surface area contributed by atoms with E-state index in [0.717, 1.165) is 11.3 Å². The van der Waals surface area contributed by atoms with Gasteiger partial charge in [-0.1, -0.05) is 48.0 Å². The first-order chi connectivity index (χ1) is 13.0. The average Bonchev–Trinajstić information content (AvgIpc) is 2.68. The molecule has 0 spiro atoms. The number of urea groups is 1. The van der Waals surface area contributed by atoms with Gasteiger partial charge in [0.05, 0.1) is 0 Å². The van der Waals surface area contributed by atoms with Crippen LogP contribution in [0.5, 0.6) is 0 Å². The Kier molecular flexibility index (Phi) is 6.19. The van der Waals surface area contributed by atoms with E-state index in [1.807, 2.05) is 54.6 Å². The SMILES string of the molecule is O=C(O)C(Cc1ccccc1)NC(=O)N1CCN(c2cccc(Cl)c2)CC1. The largest absolute Gasteiger partial charge is 0.480 e. The van der Waals surface area contributed by atoms with E-state index in [1.165, 1.54) is 0 Å². The predicted octanol–water partition coefficient (Wildman–Crippen LogP) is 2.87. The Morgan fingerprint density at radius 1 is 1.04 bits per heavy atom. The molecular formula is C20H22ClN3O3. The van der Waals surface area contributed by atoms with Crippen LogP contribution in [0.4, 0.5) is 10.5 Å². The highest BCUT2D eigenvalue weighted by Gasteiger charge is 2.26. The van der Waals surface area contributed by atoms with Crippen molar-refractivity contribution in [1.29, 1.82) is 0 Å². The third-order valence-corrected chi connectivity index (χ3v) is 4.85. The van der Waals surface area contributed by atoms with Gasteiger partial charge < -0.3 is 20.2 Å². The number of hydrogen-bond donors (Lipinski definition) is 2. The molecule has 142 valence electrons. The third kappa shape index (κ3) is 5.14. The van der Waals surface area contributed by atoms with E-state index in [-0.39, 0.29) is 12.5 Å². The number of nitrogens with zero attached hydrogens (tertiary/aromatic N) is 2. The van der Waals surface area contributed by atoms with Gasteiger partial charge in [0.25, 0.3) is 0 Å². The summed E-state index contributed by atoms with van der Waals surface area (Å²) in [5.41, 5.74) is 1.89. The molecule has 1 fully saturated rings. The lowest BCUT2D eigenvalue weighted by atomic mass is 10.1. The van der Waals surface area contributed by atoms with Gasteiger partial charge in [0.2, 0.25) is 0 Å². The maximum absolute atomic E-state index is 12.5. The van der Waals surface area contributed by atoms with Crippen LogP contribution in [0.1, 0.15) is 5.56 Å². The number of piperazine rings is 1. The first kappa shape index (κ1) is 19.0. The van der Waals surface area contributed by atoms with Gasteiger partial charge in [0.1, 0.15) is 6.04 Å². The number of carboxylic acid groups (broad SMARTS) is 1. The van der Waals surface area contributed by atoms with E-state index in [2.05, 4.69) is 10.2 Å². The van der Waals surface area contributed by atoms with Crippen molar-refractivity contribution in [1.82, 2.24) is 10.2 Å². The van der Waals surface area contributed by atoms with E-state index >= 15 is 0 Å². The van der Waals surface area contributed by atoms with Crippen molar-refractivity contribution in [2.75, 3.05) is 31.1 Å². The smallest absolute Gasteiger partial charge is 0.326 e. The molecule has 0 bridgehead atoms. The molecule has 0 saturated carbocycles. The molecule has 0 radical (unpaired) electrons. The fourth-order valence-corrected chi connectivity index (χ4v) is 3.32. The number of benzene rings is 2. The summed E-state index contributed by atoms with van der Waals surface area (Å²) in [6.07, 6.45) is 0.254. The fourth-order valence-electron chi connectivity index (χ4n) is 3.13. The molecule has 1 aliphatic rings. The lowest BCUT2D eigenvalue weighted by molar-refractivity contribution is -0.139. The normalized spacial score (nSPS) is 15.3. The standard InChI is InChI=1S/C20H22ClN3O3/c21-16-7-4-8-17(14-16)23-9-11-24(12-10-23)20(27)22-18(19(25)26)13-15-5-2-1-3-6-15/h1-8,14,18H,9-13H2,(H,22,27)(H,25,26). The quantitative estimate of drug-likeness (QED) is 0.827. The van der Waals surface area contributed by atoms with Crippen molar-refractivity contribution >= 4 is 29.3 Å². The molecule has 1 aliphatic heterocycles. The number of nitrogens with one attached hydrogen (secondary N) is 1. The first-order valence-corrected chi connectivity index (χ1v) is 9.23. The summed E-state index contributed by atoms with van der Waals surface area (Å²) in [5, 5.41) is 12.8. The molecule has 2 N–H and O–H groups in total. The van der Waals surface area contributed by atoms with Crippen molar-refractivity contribution in [3.63, 3.8) is 0 Å². The van der Waals surface area contributed by atoms with Crippen LogP contribution in [0.2, 0.25) is 5.02 Å². The van der Waals surface area contributed by atoms with Crippen LogP contribution in [0.3, 0.4) is 0 Å². The number of aliphatic carboxylic acids is 1. The predicted molar refractivity (Wildman–Crippen MR) is 105 cm³/mol. The number of carboxylic acids is 1. The van der Waals surface area contributed by atoms with Crippen molar-refractivity contribution in [2.24, 2.45) is 0 Å². The lowest BCUT2D eigenvalue weighted by Gasteiger charge is -2.36. The molecule has 2 aromatic rings. The van der Waals surface area contributed by atoms with Gasteiger partial charge in [0.15, 0.2) is 0 Å². The van der Waals surface area contributed by atoms with Gasteiger partial charge in [-0.3, -0.25) is 0 Å². The van der Waals surface area contributed by atoms with Gasteiger partial charge in [-0.05, 0) is 23.8 Å². The number of hydrogen-bond acceptors (Lipinski definition) is 3. The van der Waals surface area contributed by atoms with Crippen LogP contribution >= 0.6 is 11.6 Å². The molecule has 2 amide bonds. The number of rotatable bonds is 5. The van der Waals surface area contributed by atoms with Gasteiger partial charge in [0, 0.05) is 43.3 Å². The second-order valence-corrected chi connectivity index (χ2v) is 6.92. The van der Waals surface area contributed by atoms with Crippen molar-refractivity contribution in [2.45, 2.75) is 12.5 Å². The van der Waals surface area contributed by atoms with Crippen LogP contribution in [0.25, 0.3) is 0 Å². The zero-order valence-electron chi connectivity index (χ0n) is 14.8. The molecule has 1 heterocycles. The number of amides is 2. The summed E-state index contributed by atoms with van der Waals surface area (Å²) in [7, 11) is 0. The van der Waals surface area contributed by atoms with Crippen molar-refractivity contribution in [3.05, 3.63) is 65.2 Å². The van der Waals surface area contributed by atoms with Crippen molar-refractivity contribution < 1.29 is 14.7 Å². The van der Waals surface area contributed by atoms with Crippen LogP contribution < -0.4 is 10.2 Å². The van der Waals surface area contributed by atoms with Crippen LogP contribution in [0.15, 0.2) is 54.6 Å². The molecule has 7 heteroatoms. The Bertz CT molecular complexity index is 792. The summed E-state index contributed by atoms with van der Waals surface area (Å²) >= 11 is 6.04. The van der Waals surface area contributed by atoms with E-state index < -0.39 is 12.0 Å². The first-order valence-electron chi connectivity index (χ1n) is 8.85. The lowest BCUT2D eigenvalue weighted by Crippen LogP contribution is -2.55. The Hall–Kier alpha value is -2.73. The summed E-state index contributed by atoms with van der Waals surface area (Å²) in [6.45, 7) is 2.39. The summed E-state index contributed by atoms with van der Waals surface area (Å²) in [6, 6.07) is 15.6. The number of anilines is 1. The van der Waals surface area contributed by atoms with E-state index in [1.54, 1.807) is 4.90 Å². The highest BCUT2D eigenvalue weighted by atomic mass is 35.5. The molecule has 6 nitrogen and oxygen atoms in total. The van der Waals surface area contributed by atoms with Gasteiger partial charge >= 0.3 is 12.0 Å². The molecule has 0 aromatic heterocycles. The van der Waals surface area contributed by atoms with Crippen LogP contribution in [0, 0.1) is 0 Å². The summed E-state index contributed by atoms with van der Waals surface area (Å²) in [4.78, 5) is 27.9. The van der Waals surface area contributed by atoms with E-state index in [0.29, 0.717) is 31.2 Å². The Morgan fingerprint density at radius 2 is 1.74 bits per heavy atom. The number of carbonyl (C=O) groups is 2. The monoisotopic (exact) mass is 387 g/mol. The summed E-state index contributed by atoms with van der Waals surface area (Å²) < 4.78 is 0. The summed E-state index contributed by atoms with van der Waals surface area (Å²) in [5.74, 6) is -1.04. The van der Waals surface area contributed by atoms with Crippen LogP contribution in [-0.2, 0) is 11.2 Å². The van der Waals surface area contributed by atoms with E-state index in [4.69, 9.17) is 11.6 Å². The molecule has 0 aliphatic carbocycles.